The number of hydrogen-bond acceptors (Lipinski definition) is 4. The highest BCUT2D eigenvalue weighted by molar-refractivity contribution is 5.79. The highest BCUT2D eigenvalue weighted by Crippen LogP contribution is 2.33. The molecule has 1 amide bonds. The summed E-state index contributed by atoms with van der Waals surface area (Å²) in [6, 6.07) is 15.9. The fourth-order valence-corrected chi connectivity index (χ4v) is 3.26. The molecule has 130 valence electrons. The van der Waals surface area contributed by atoms with Gasteiger partial charge in [-0.3, -0.25) is 4.79 Å². The first-order chi connectivity index (χ1) is 12.3. The first-order valence-electron chi connectivity index (χ1n) is 8.58. The van der Waals surface area contributed by atoms with E-state index in [4.69, 9.17) is 14.2 Å². The summed E-state index contributed by atoms with van der Waals surface area (Å²) >= 11 is 0. The minimum atomic E-state index is -0.0438. The van der Waals surface area contributed by atoms with Crippen LogP contribution in [0.5, 0.6) is 11.5 Å². The fraction of sp³-hybridized carbons (Fsp3) is 0.350. The topological polar surface area (TPSA) is 48.0 Å². The molecule has 2 aliphatic rings. The van der Waals surface area contributed by atoms with Crippen molar-refractivity contribution in [2.45, 2.75) is 19.5 Å². The summed E-state index contributed by atoms with van der Waals surface area (Å²) in [7, 11) is 0. The summed E-state index contributed by atoms with van der Waals surface area (Å²) in [6.07, 6.45) is 0.797. The molecule has 0 aromatic heterocycles. The monoisotopic (exact) mass is 339 g/mol. The first-order valence-corrected chi connectivity index (χ1v) is 8.58. The Bertz CT molecular complexity index is 741. The Morgan fingerprint density at radius 3 is 2.60 bits per heavy atom. The second kappa shape index (κ2) is 7.15. The average Bonchev–Trinajstić information content (AvgIpc) is 3.33. The second-order valence-corrected chi connectivity index (χ2v) is 6.43. The number of fused-ring (bicyclic) bond motifs is 1. The maximum Gasteiger partial charge on any atom is 0.231 e. The van der Waals surface area contributed by atoms with Gasteiger partial charge in [-0.15, -0.1) is 0 Å². The average molecular weight is 339 g/mol. The number of hydrogen-bond donors (Lipinski definition) is 0. The Balaban J connectivity index is 1.54. The van der Waals surface area contributed by atoms with Gasteiger partial charge in [0.1, 0.15) is 0 Å². The number of carbonyl (C=O) groups excluding carboxylic acids is 1. The molecule has 4 rings (SSSR count). The normalized spacial score (nSPS) is 18.3. The van der Waals surface area contributed by atoms with E-state index in [0.717, 1.165) is 29.0 Å². The molecule has 25 heavy (non-hydrogen) atoms. The van der Waals surface area contributed by atoms with Crippen molar-refractivity contribution >= 4 is 5.91 Å². The number of rotatable bonds is 5. The number of carbonyl (C=O) groups is 1. The smallest absolute Gasteiger partial charge is 0.231 e. The number of benzene rings is 2. The second-order valence-electron chi connectivity index (χ2n) is 6.43. The van der Waals surface area contributed by atoms with Crippen molar-refractivity contribution < 1.29 is 19.0 Å². The summed E-state index contributed by atoms with van der Waals surface area (Å²) in [5.74, 6) is 1.61. The van der Waals surface area contributed by atoms with Gasteiger partial charge in [-0.25, -0.2) is 0 Å². The van der Waals surface area contributed by atoms with Crippen LogP contribution in [0.4, 0.5) is 0 Å². The van der Waals surface area contributed by atoms with E-state index in [1.807, 2.05) is 53.4 Å². The van der Waals surface area contributed by atoms with Crippen LogP contribution >= 0.6 is 0 Å². The first kappa shape index (κ1) is 16.0. The summed E-state index contributed by atoms with van der Waals surface area (Å²) in [4.78, 5) is 14.9. The molecular weight excluding hydrogens is 318 g/mol. The molecule has 1 fully saturated rings. The quantitative estimate of drug-likeness (QED) is 0.840. The van der Waals surface area contributed by atoms with Crippen molar-refractivity contribution in [3.63, 3.8) is 0 Å². The molecule has 2 aromatic carbocycles. The maximum atomic E-state index is 13.0. The molecule has 0 aliphatic carbocycles. The van der Waals surface area contributed by atoms with E-state index in [-0.39, 0.29) is 18.6 Å². The zero-order valence-electron chi connectivity index (χ0n) is 14.0. The van der Waals surface area contributed by atoms with Crippen molar-refractivity contribution in [1.29, 1.82) is 0 Å². The van der Waals surface area contributed by atoms with Crippen molar-refractivity contribution in [2.24, 2.45) is 5.92 Å². The molecule has 0 spiro atoms. The third kappa shape index (κ3) is 3.61. The van der Waals surface area contributed by atoms with Gasteiger partial charge >= 0.3 is 0 Å². The van der Waals surface area contributed by atoms with Crippen molar-refractivity contribution in [1.82, 2.24) is 4.90 Å². The van der Waals surface area contributed by atoms with Gasteiger partial charge in [-0.1, -0.05) is 36.4 Å². The third-order valence-corrected chi connectivity index (χ3v) is 4.62. The molecule has 5 nitrogen and oxygen atoms in total. The Labute approximate surface area is 147 Å². The molecule has 1 saturated heterocycles. The lowest BCUT2D eigenvalue weighted by Gasteiger charge is -2.25. The van der Waals surface area contributed by atoms with Crippen molar-refractivity contribution in [2.75, 3.05) is 20.0 Å². The predicted octanol–water partition coefficient (Wildman–Crippen LogP) is 2.98. The van der Waals surface area contributed by atoms with Crippen LogP contribution in [0.1, 0.15) is 17.5 Å². The molecule has 2 aromatic rings. The van der Waals surface area contributed by atoms with Gasteiger partial charge in [0, 0.05) is 19.7 Å². The highest BCUT2D eigenvalue weighted by Gasteiger charge is 2.28. The SMILES string of the molecule is O=C(C1CCOC1)N(Cc1ccccc1)Cc1ccc2c(c1)OCO2. The largest absolute Gasteiger partial charge is 0.454 e. The molecule has 0 saturated carbocycles. The fourth-order valence-electron chi connectivity index (χ4n) is 3.26. The van der Waals surface area contributed by atoms with Crippen molar-refractivity contribution in [3.05, 3.63) is 59.7 Å². The Morgan fingerprint density at radius 2 is 1.80 bits per heavy atom. The van der Waals surface area contributed by atoms with Crippen LogP contribution in [0.3, 0.4) is 0 Å². The molecular formula is C20H21NO4. The number of amides is 1. The molecule has 1 atom stereocenters. The van der Waals surface area contributed by atoms with Crippen LogP contribution in [0.25, 0.3) is 0 Å². The Morgan fingerprint density at radius 1 is 1.00 bits per heavy atom. The van der Waals surface area contributed by atoms with Gasteiger partial charge in [0.2, 0.25) is 12.7 Å². The summed E-state index contributed by atoms with van der Waals surface area (Å²) < 4.78 is 16.2. The minimum absolute atomic E-state index is 0.0438. The molecule has 0 N–H and O–H groups in total. The van der Waals surface area contributed by atoms with Gasteiger partial charge in [0.15, 0.2) is 11.5 Å². The summed E-state index contributed by atoms with van der Waals surface area (Å²) in [6.45, 7) is 2.57. The van der Waals surface area contributed by atoms with E-state index in [2.05, 4.69) is 0 Å². The Hall–Kier alpha value is -2.53. The van der Waals surface area contributed by atoms with Gasteiger partial charge in [0.25, 0.3) is 0 Å². The lowest BCUT2D eigenvalue weighted by atomic mass is 10.1. The van der Waals surface area contributed by atoms with Crippen LogP contribution in [0, 0.1) is 5.92 Å². The van der Waals surface area contributed by atoms with Crippen molar-refractivity contribution in [3.8, 4) is 11.5 Å². The molecule has 0 radical (unpaired) electrons. The zero-order valence-corrected chi connectivity index (χ0v) is 14.0. The summed E-state index contributed by atoms with van der Waals surface area (Å²) in [5.41, 5.74) is 2.16. The van der Waals surface area contributed by atoms with E-state index in [0.29, 0.717) is 26.3 Å². The van der Waals surface area contributed by atoms with E-state index >= 15 is 0 Å². The van der Waals surface area contributed by atoms with Crippen LogP contribution in [-0.2, 0) is 22.6 Å². The maximum absolute atomic E-state index is 13.0. The van der Waals surface area contributed by atoms with Crippen LogP contribution in [0.15, 0.2) is 48.5 Å². The van der Waals surface area contributed by atoms with E-state index in [9.17, 15) is 4.79 Å². The standard InChI is InChI=1S/C20H21NO4/c22-20(17-8-9-23-13-17)21(11-15-4-2-1-3-5-15)12-16-6-7-18-19(10-16)25-14-24-18/h1-7,10,17H,8-9,11-14H2. The van der Waals surface area contributed by atoms with Gasteiger partial charge in [0.05, 0.1) is 12.5 Å². The van der Waals surface area contributed by atoms with E-state index < -0.39 is 0 Å². The molecule has 1 unspecified atom stereocenters. The van der Waals surface area contributed by atoms with Gasteiger partial charge < -0.3 is 19.1 Å². The molecule has 0 bridgehead atoms. The van der Waals surface area contributed by atoms with Gasteiger partial charge in [-0.2, -0.15) is 0 Å². The van der Waals surface area contributed by atoms with Gasteiger partial charge in [-0.05, 0) is 29.7 Å². The number of nitrogens with zero attached hydrogens (tertiary/aromatic N) is 1. The number of ether oxygens (including phenoxy) is 3. The van der Waals surface area contributed by atoms with Crippen LogP contribution < -0.4 is 9.47 Å². The lowest BCUT2D eigenvalue weighted by molar-refractivity contribution is -0.136. The molecule has 5 heteroatoms. The van der Waals surface area contributed by atoms with Crippen LogP contribution in [0.2, 0.25) is 0 Å². The lowest BCUT2D eigenvalue weighted by Crippen LogP contribution is -2.35. The zero-order chi connectivity index (χ0) is 17.1. The predicted molar refractivity (Wildman–Crippen MR) is 92.2 cm³/mol. The van der Waals surface area contributed by atoms with Crippen LogP contribution in [-0.4, -0.2) is 30.8 Å². The Kier molecular flexibility index (Phi) is 4.57. The molecule has 2 aliphatic heterocycles. The van der Waals surface area contributed by atoms with E-state index in [1.165, 1.54) is 0 Å². The molecule has 2 heterocycles. The minimum Gasteiger partial charge on any atom is -0.454 e. The van der Waals surface area contributed by atoms with E-state index in [1.54, 1.807) is 0 Å². The summed E-state index contributed by atoms with van der Waals surface area (Å²) in [5, 5.41) is 0. The third-order valence-electron chi connectivity index (χ3n) is 4.62. The highest BCUT2D eigenvalue weighted by atomic mass is 16.7.